The summed E-state index contributed by atoms with van der Waals surface area (Å²) >= 11 is 0. The van der Waals surface area contributed by atoms with Crippen molar-refractivity contribution in [3.63, 3.8) is 0 Å². The Kier molecular flexibility index (Phi) is 8.77. The van der Waals surface area contributed by atoms with Crippen LogP contribution in [0.2, 0.25) is 0 Å². The molecule has 0 amide bonds. The smallest absolute Gasteiger partial charge is 0.0298 e. The minimum atomic E-state index is 0.0794. The molecule has 13 aromatic carbocycles. The maximum Gasteiger partial charge on any atom is 0.0298 e. The third kappa shape index (κ3) is 5.73. The van der Waals surface area contributed by atoms with Crippen molar-refractivity contribution in [2.45, 2.75) is 11.8 Å². The van der Waals surface area contributed by atoms with E-state index in [2.05, 4.69) is 267 Å². The molecule has 0 aromatic heterocycles. The minimum Gasteiger partial charge on any atom is -0.0719 e. The van der Waals surface area contributed by atoms with Crippen molar-refractivity contribution in [1.29, 1.82) is 0 Å². The van der Waals surface area contributed by atoms with Gasteiger partial charge in [-0.1, -0.05) is 255 Å². The van der Waals surface area contributed by atoms with E-state index in [4.69, 9.17) is 0 Å². The Morgan fingerprint density at radius 3 is 0.882 bits per heavy atom. The second-order valence-corrected chi connectivity index (χ2v) is 21.2. The average molecular weight is 959 g/mol. The molecule has 0 fully saturated rings. The van der Waals surface area contributed by atoms with E-state index in [9.17, 15) is 0 Å². The van der Waals surface area contributed by atoms with Gasteiger partial charge in [0.1, 0.15) is 0 Å². The molecule has 0 nitrogen and oxygen atoms in total. The lowest BCUT2D eigenvalue weighted by Gasteiger charge is -2.27. The Hall–Kier alpha value is -9.62. The highest BCUT2D eigenvalue weighted by Crippen LogP contribution is 2.64. The normalized spacial score (nSPS) is 15.0. The van der Waals surface area contributed by atoms with Crippen LogP contribution in [0.5, 0.6) is 0 Å². The van der Waals surface area contributed by atoms with Crippen molar-refractivity contribution < 1.29 is 0 Å². The molecule has 0 bridgehead atoms. The first-order chi connectivity index (χ1) is 37.8. The van der Waals surface area contributed by atoms with E-state index in [1.165, 1.54) is 165 Å². The number of hydrogen-bond acceptors (Lipinski definition) is 0. The van der Waals surface area contributed by atoms with E-state index in [1.54, 1.807) is 0 Å². The largest absolute Gasteiger partial charge is 0.0719 e. The summed E-state index contributed by atoms with van der Waals surface area (Å²) in [4.78, 5) is 0. The lowest BCUT2D eigenvalue weighted by molar-refractivity contribution is 1.08. The SMILES string of the molecule is C1=CC2c3c(c(-c4ccccc4)c4cc(-c5ccccc5)ccc4c3-c3ccccc3)-c3ccc4c5c6c7c(ccc6c1c4c32)-c1c(c(-c2ccccc2)c2ccc(-c3ccccc3)cc2c1-c1ccccc1)C7C=C5. The molecule has 0 spiro atoms. The lowest BCUT2D eigenvalue weighted by Crippen LogP contribution is -2.06. The van der Waals surface area contributed by atoms with Gasteiger partial charge in [-0.25, -0.2) is 0 Å². The quantitative estimate of drug-likeness (QED) is 0.146. The molecular weight excluding hydrogens is 913 g/mol. The third-order valence-electron chi connectivity index (χ3n) is 17.5. The Labute approximate surface area is 441 Å². The summed E-state index contributed by atoms with van der Waals surface area (Å²) < 4.78 is 0. The van der Waals surface area contributed by atoms with Crippen LogP contribution in [0.4, 0.5) is 0 Å². The second-order valence-electron chi connectivity index (χ2n) is 21.2. The van der Waals surface area contributed by atoms with Gasteiger partial charge >= 0.3 is 0 Å². The van der Waals surface area contributed by atoms with Gasteiger partial charge in [0.2, 0.25) is 0 Å². The van der Waals surface area contributed by atoms with E-state index in [1.807, 2.05) is 0 Å². The molecule has 0 heterocycles. The van der Waals surface area contributed by atoms with Crippen LogP contribution in [-0.4, -0.2) is 0 Å². The summed E-state index contributed by atoms with van der Waals surface area (Å²) in [6, 6.07) is 90.8. The van der Waals surface area contributed by atoms with E-state index < -0.39 is 0 Å². The number of hydrogen-bond donors (Lipinski definition) is 0. The van der Waals surface area contributed by atoms with Crippen LogP contribution in [0, 0.1) is 0 Å². The van der Waals surface area contributed by atoms with E-state index >= 15 is 0 Å². The summed E-state index contributed by atoms with van der Waals surface area (Å²) in [6.07, 6.45) is 10.1. The van der Waals surface area contributed by atoms with Gasteiger partial charge < -0.3 is 0 Å². The summed E-state index contributed by atoms with van der Waals surface area (Å²) in [6.45, 7) is 0. The fourth-order valence-corrected chi connectivity index (χ4v) is 14.5. The van der Waals surface area contributed by atoms with Gasteiger partial charge in [-0.3, -0.25) is 0 Å². The molecule has 0 saturated heterocycles. The molecule has 350 valence electrons. The van der Waals surface area contributed by atoms with Gasteiger partial charge in [-0.2, -0.15) is 0 Å². The van der Waals surface area contributed by atoms with Crippen LogP contribution in [0.1, 0.15) is 45.2 Å². The molecule has 13 aromatic rings. The molecule has 2 atom stereocenters. The molecule has 0 radical (unpaired) electrons. The van der Waals surface area contributed by atoms with Crippen LogP contribution < -0.4 is 0 Å². The Balaban J connectivity index is 0.961. The fraction of sp³-hybridized carbons (Fsp3) is 0.0263. The highest BCUT2D eigenvalue weighted by atomic mass is 14.4. The summed E-state index contributed by atoms with van der Waals surface area (Å²) in [7, 11) is 0. The number of rotatable bonds is 6. The first kappa shape index (κ1) is 41.8. The Morgan fingerprint density at radius 1 is 0.211 bits per heavy atom. The monoisotopic (exact) mass is 958 g/mol. The third-order valence-corrected chi connectivity index (χ3v) is 17.5. The van der Waals surface area contributed by atoms with Crippen molar-refractivity contribution in [2.24, 2.45) is 0 Å². The zero-order valence-electron chi connectivity index (χ0n) is 41.6. The highest BCUT2D eigenvalue weighted by Gasteiger charge is 2.41. The molecule has 0 aliphatic heterocycles. The number of fused-ring (bicyclic) bond motifs is 10. The van der Waals surface area contributed by atoms with Crippen molar-refractivity contribution in [1.82, 2.24) is 0 Å². The van der Waals surface area contributed by atoms with Gasteiger partial charge in [0, 0.05) is 11.8 Å². The summed E-state index contributed by atoms with van der Waals surface area (Å²) in [5.41, 5.74) is 29.0. The maximum absolute atomic E-state index is 2.55. The molecule has 4 aliphatic rings. The molecule has 4 aliphatic carbocycles. The zero-order chi connectivity index (χ0) is 49.6. The van der Waals surface area contributed by atoms with E-state index in [-0.39, 0.29) is 11.8 Å². The standard InChI is InChI=1S/C76H46/c1-7-19-45(20-8-1)51-31-33-57-63(43-51)67(49-27-15-5-16-28-49)75-61-41-37-55-54-36-40-60-72-62(42-38-56(70(54)72)53-35-39-59(71(61)69(53)55)73(75)65(57)47-23-11-3-12-24-47)76-68(50-29-17-6-18-30-50)64-44-52(46-21-9-2-10-22-46)32-34-58(64)66(74(60)76)48-25-13-4-14-26-48/h1-44,59-60H. The Bertz CT molecular complexity index is 4380. The number of allylic oxidation sites excluding steroid dienone is 2. The van der Waals surface area contributed by atoms with Crippen molar-refractivity contribution in [2.75, 3.05) is 0 Å². The lowest BCUT2D eigenvalue weighted by atomic mass is 9.76. The summed E-state index contributed by atoms with van der Waals surface area (Å²) in [5, 5.41) is 10.6. The van der Waals surface area contributed by atoms with E-state index in [0.29, 0.717) is 0 Å². The highest BCUT2D eigenvalue weighted by molar-refractivity contribution is 6.25. The van der Waals surface area contributed by atoms with E-state index in [0.717, 1.165) is 0 Å². The Morgan fingerprint density at radius 2 is 0.526 bits per heavy atom. The molecular formula is C76H46. The van der Waals surface area contributed by atoms with Crippen molar-refractivity contribution in [3.8, 4) is 89.0 Å². The minimum absolute atomic E-state index is 0.0794. The van der Waals surface area contributed by atoms with Gasteiger partial charge in [0.25, 0.3) is 0 Å². The maximum atomic E-state index is 2.55. The molecule has 2 unspecified atom stereocenters. The molecule has 76 heavy (non-hydrogen) atoms. The fourth-order valence-electron chi connectivity index (χ4n) is 14.5. The molecule has 0 N–H and O–H groups in total. The first-order valence-corrected chi connectivity index (χ1v) is 26.8. The predicted molar refractivity (Wildman–Crippen MR) is 322 cm³/mol. The second kappa shape index (κ2) is 15.9. The molecule has 0 heteroatoms. The van der Waals surface area contributed by atoms with Crippen LogP contribution in [-0.2, 0) is 0 Å². The van der Waals surface area contributed by atoms with Crippen LogP contribution in [0.25, 0.3) is 144 Å². The van der Waals surface area contributed by atoms with Crippen LogP contribution >= 0.6 is 0 Å². The molecule has 17 rings (SSSR count). The van der Waals surface area contributed by atoms with Gasteiger partial charge in [0.05, 0.1) is 0 Å². The average Bonchev–Trinajstić information content (AvgIpc) is 4.07. The topological polar surface area (TPSA) is 0 Å². The van der Waals surface area contributed by atoms with Gasteiger partial charge in [-0.05, 0) is 178 Å². The zero-order valence-corrected chi connectivity index (χ0v) is 41.6. The van der Waals surface area contributed by atoms with Crippen molar-refractivity contribution >= 4 is 55.2 Å². The predicted octanol–water partition coefficient (Wildman–Crippen LogP) is 20.6. The van der Waals surface area contributed by atoms with Gasteiger partial charge in [-0.15, -0.1) is 0 Å². The van der Waals surface area contributed by atoms with Gasteiger partial charge in [0.15, 0.2) is 0 Å². The summed E-state index contributed by atoms with van der Waals surface area (Å²) in [5.74, 6) is 0.159. The van der Waals surface area contributed by atoms with Crippen LogP contribution in [0.3, 0.4) is 0 Å². The molecule has 0 saturated carbocycles. The van der Waals surface area contributed by atoms with Crippen LogP contribution in [0.15, 0.2) is 255 Å². The first-order valence-electron chi connectivity index (χ1n) is 26.8. The number of benzene rings is 13. The van der Waals surface area contributed by atoms with Crippen molar-refractivity contribution in [3.05, 3.63) is 288 Å².